The molecule has 6 nitrogen and oxygen atoms in total. The first-order valence-electron chi connectivity index (χ1n) is 11.4. The molecule has 166 valence electrons. The number of aromatic nitrogens is 2. The Labute approximate surface area is 188 Å². The van der Waals surface area contributed by atoms with Gasteiger partial charge in [-0.2, -0.15) is 5.10 Å². The molecule has 6 heteroatoms. The number of amides is 1. The molecule has 2 aromatic carbocycles. The van der Waals surface area contributed by atoms with E-state index in [0.29, 0.717) is 5.56 Å². The minimum absolute atomic E-state index is 0.0495. The van der Waals surface area contributed by atoms with Gasteiger partial charge in [-0.1, -0.05) is 44.0 Å². The maximum Gasteiger partial charge on any atom is 0.358 e. The minimum atomic E-state index is -0.453. The van der Waals surface area contributed by atoms with Crippen molar-refractivity contribution < 1.29 is 14.3 Å². The van der Waals surface area contributed by atoms with Gasteiger partial charge < -0.3 is 10.1 Å². The van der Waals surface area contributed by atoms with Crippen LogP contribution in [0.25, 0.3) is 16.9 Å². The summed E-state index contributed by atoms with van der Waals surface area (Å²) in [7, 11) is 0. The van der Waals surface area contributed by atoms with Crippen LogP contribution in [0.5, 0.6) is 0 Å². The molecule has 0 spiro atoms. The predicted octanol–water partition coefficient (Wildman–Crippen LogP) is 4.95. The molecule has 1 aliphatic rings. The Balaban J connectivity index is 1.64. The normalized spacial score (nSPS) is 13.8. The van der Waals surface area contributed by atoms with Gasteiger partial charge in [0.05, 0.1) is 18.0 Å². The summed E-state index contributed by atoms with van der Waals surface area (Å²) in [5, 5.41) is 7.63. The van der Waals surface area contributed by atoms with E-state index in [1.165, 1.54) is 18.4 Å². The van der Waals surface area contributed by atoms with Crippen molar-refractivity contribution in [2.45, 2.75) is 52.0 Å². The number of nitrogens with one attached hydrogen (secondary N) is 1. The van der Waals surface area contributed by atoms with Crippen LogP contribution in [0.2, 0.25) is 0 Å². The van der Waals surface area contributed by atoms with Crippen LogP contribution in [0.1, 0.15) is 65.9 Å². The van der Waals surface area contributed by atoms with Crippen LogP contribution >= 0.6 is 0 Å². The minimum Gasteiger partial charge on any atom is -0.461 e. The summed E-state index contributed by atoms with van der Waals surface area (Å²) < 4.78 is 6.88. The Hall–Kier alpha value is -3.41. The lowest BCUT2D eigenvalue weighted by Gasteiger charge is -2.13. The Morgan fingerprint density at radius 2 is 1.72 bits per heavy atom. The Bertz CT molecular complexity index is 1080. The molecular formula is C26H29N3O3. The van der Waals surface area contributed by atoms with E-state index in [-0.39, 0.29) is 24.2 Å². The summed E-state index contributed by atoms with van der Waals surface area (Å²) in [5.41, 5.74) is 4.62. The van der Waals surface area contributed by atoms with Gasteiger partial charge in [0, 0.05) is 17.2 Å². The van der Waals surface area contributed by atoms with Gasteiger partial charge in [0.2, 0.25) is 0 Å². The Morgan fingerprint density at radius 3 is 2.34 bits per heavy atom. The third kappa shape index (κ3) is 4.74. The largest absolute Gasteiger partial charge is 0.461 e. The first kappa shape index (κ1) is 21.8. The molecule has 4 rings (SSSR count). The van der Waals surface area contributed by atoms with Gasteiger partial charge in [-0.15, -0.1) is 0 Å². The van der Waals surface area contributed by atoms with E-state index < -0.39 is 5.97 Å². The van der Waals surface area contributed by atoms with Crippen molar-refractivity contribution in [3.8, 4) is 16.9 Å². The van der Waals surface area contributed by atoms with Crippen LogP contribution in [0.15, 0.2) is 54.6 Å². The van der Waals surface area contributed by atoms with Gasteiger partial charge in [0.25, 0.3) is 5.91 Å². The van der Waals surface area contributed by atoms with Gasteiger partial charge in [-0.25, -0.2) is 9.48 Å². The number of ether oxygens (including phenoxy) is 1. The molecule has 0 bridgehead atoms. The van der Waals surface area contributed by atoms with Crippen LogP contribution in [0.3, 0.4) is 0 Å². The maximum absolute atomic E-state index is 12.6. The highest BCUT2D eigenvalue weighted by molar-refractivity contribution is 5.94. The third-order valence-electron chi connectivity index (χ3n) is 5.92. The van der Waals surface area contributed by atoms with Crippen molar-refractivity contribution in [3.63, 3.8) is 0 Å². The van der Waals surface area contributed by atoms with E-state index in [9.17, 15) is 9.59 Å². The molecular weight excluding hydrogens is 402 g/mol. The molecule has 3 aromatic rings. The number of aryl methyl sites for hydroxylation is 1. The Kier molecular flexibility index (Phi) is 6.69. The van der Waals surface area contributed by atoms with E-state index in [1.807, 2.05) is 24.3 Å². The molecule has 1 amide bonds. The summed E-state index contributed by atoms with van der Waals surface area (Å²) in [6.45, 7) is 4.17. The number of hydrogen-bond donors (Lipinski definition) is 1. The fourth-order valence-electron chi connectivity index (χ4n) is 4.09. The smallest absolute Gasteiger partial charge is 0.358 e. The third-order valence-corrected chi connectivity index (χ3v) is 5.92. The van der Waals surface area contributed by atoms with Crippen molar-refractivity contribution in [2.24, 2.45) is 0 Å². The molecule has 32 heavy (non-hydrogen) atoms. The molecule has 1 fully saturated rings. The number of carbonyl (C=O) groups excluding carboxylic acids is 2. The Morgan fingerprint density at radius 1 is 1.03 bits per heavy atom. The lowest BCUT2D eigenvalue weighted by molar-refractivity contribution is 0.0518. The molecule has 1 N–H and O–H groups in total. The number of carbonyl (C=O) groups is 2. The average Bonchev–Trinajstić information content (AvgIpc) is 3.50. The SMILES string of the molecule is CCOC(=O)c1cc(-c2ccc(CC)cc2)n(-c2ccc(C(=O)NC3CCCC3)cc2)n1. The first-order valence-corrected chi connectivity index (χ1v) is 11.4. The first-order chi connectivity index (χ1) is 15.6. The number of esters is 1. The summed E-state index contributed by atoms with van der Waals surface area (Å²) in [5.74, 6) is -0.503. The lowest BCUT2D eigenvalue weighted by atomic mass is 10.1. The highest BCUT2D eigenvalue weighted by atomic mass is 16.5. The molecule has 1 heterocycles. The standard InChI is InChI=1S/C26H29N3O3/c1-3-18-9-11-19(12-10-18)24-17-23(26(31)32-4-2)28-29(24)22-15-13-20(14-16-22)25(30)27-21-7-5-6-8-21/h9-17,21H,3-8H2,1-2H3,(H,27,30). The fraction of sp³-hybridized carbons (Fsp3) is 0.346. The van der Waals surface area contributed by atoms with Crippen LogP contribution < -0.4 is 5.32 Å². The monoisotopic (exact) mass is 431 g/mol. The fourth-order valence-corrected chi connectivity index (χ4v) is 4.09. The predicted molar refractivity (Wildman–Crippen MR) is 124 cm³/mol. The molecule has 1 aliphatic carbocycles. The summed E-state index contributed by atoms with van der Waals surface area (Å²) >= 11 is 0. The molecule has 1 aromatic heterocycles. The second-order valence-corrected chi connectivity index (χ2v) is 8.10. The number of benzene rings is 2. The van der Waals surface area contributed by atoms with Gasteiger partial charge in [-0.05, 0) is 62.1 Å². The average molecular weight is 432 g/mol. The topological polar surface area (TPSA) is 73.2 Å². The van der Waals surface area contributed by atoms with E-state index in [2.05, 4.69) is 29.5 Å². The summed E-state index contributed by atoms with van der Waals surface area (Å²) in [4.78, 5) is 24.9. The van der Waals surface area contributed by atoms with E-state index in [0.717, 1.165) is 36.2 Å². The van der Waals surface area contributed by atoms with Gasteiger partial charge >= 0.3 is 5.97 Å². The molecule has 0 saturated heterocycles. The van der Waals surface area contributed by atoms with Gasteiger partial charge in [0.15, 0.2) is 5.69 Å². The van der Waals surface area contributed by atoms with Crippen molar-refractivity contribution in [2.75, 3.05) is 6.61 Å². The van der Waals surface area contributed by atoms with Gasteiger partial charge in [0.1, 0.15) is 0 Å². The highest BCUT2D eigenvalue weighted by Gasteiger charge is 2.20. The highest BCUT2D eigenvalue weighted by Crippen LogP contribution is 2.26. The zero-order chi connectivity index (χ0) is 22.5. The maximum atomic E-state index is 12.6. The number of hydrogen-bond acceptors (Lipinski definition) is 4. The molecule has 0 radical (unpaired) electrons. The van der Waals surface area contributed by atoms with Crippen molar-refractivity contribution >= 4 is 11.9 Å². The lowest BCUT2D eigenvalue weighted by Crippen LogP contribution is -2.32. The zero-order valence-corrected chi connectivity index (χ0v) is 18.6. The summed E-state index contributed by atoms with van der Waals surface area (Å²) in [6, 6.07) is 17.6. The van der Waals surface area contributed by atoms with Crippen LogP contribution in [-0.4, -0.2) is 34.3 Å². The van der Waals surface area contributed by atoms with E-state index in [4.69, 9.17) is 4.74 Å². The zero-order valence-electron chi connectivity index (χ0n) is 18.6. The van der Waals surface area contributed by atoms with Crippen molar-refractivity contribution in [1.29, 1.82) is 0 Å². The van der Waals surface area contributed by atoms with E-state index >= 15 is 0 Å². The molecule has 0 unspecified atom stereocenters. The molecule has 1 saturated carbocycles. The van der Waals surface area contributed by atoms with Crippen molar-refractivity contribution in [1.82, 2.24) is 15.1 Å². The van der Waals surface area contributed by atoms with Crippen molar-refractivity contribution in [3.05, 3.63) is 71.4 Å². The van der Waals surface area contributed by atoms with E-state index in [1.54, 1.807) is 29.8 Å². The molecule has 0 aliphatic heterocycles. The second kappa shape index (κ2) is 9.81. The molecule has 0 atom stereocenters. The van der Waals surface area contributed by atoms with Crippen LogP contribution in [-0.2, 0) is 11.2 Å². The van der Waals surface area contributed by atoms with Gasteiger partial charge in [-0.3, -0.25) is 4.79 Å². The van der Waals surface area contributed by atoms with Crippen LogP contribution in [0, 0.1) is 0 Å². The summed E-state index contributed by atoms with van der Waals surface area (Å²) in [6.07, 6.45) is 5.40. The second-order valence-electron chi connectivity index (χ2n) is 8.10. The quantitative estimate of drug-likeness (QED) is 0.537. The number of nitrogens with zero attached hydrogens (tertiary/aromatic N) is 2. The number of rotatable bonds is 7. The van der Waals surface area contributed by atoms with Crippen LogP contribution in [0.4, 0.5) is 0 Å².